The van der Waals surface area contributed by atoms with E-state index in [0.29, 0.717) is 12.8 Å². The molecule has 8 bridgehead atoms. The van der Waals surface area contributed by atoms with E-state index in [4.69, 9.17) is 9.97 Å². The number of fused-ring (bicyclic) bond motifs is 8. The second-order valence-electron chi connectivity index (χ2n) is 13.0. The first-order valence-electron chi connectivity index (χ1n) is 15.8. The van der Waals surface area contributed by atoms with Crippen LogP contribution in [0.2, 0.25) is 0 Å². The van der Waals surface area contributed by atoms with Crippen molar-refractivity contribution in [1.29, 1.82) is 0 Å². The summed E-state index contributed by atoms with van der Waals surface area (Å²) in [5.74, 6) is -1.79. The molecule has 2 aliphatic heterocycles. The molecule has 10 heteroatoms. The van der Waals surface area contributed by atoms with E-state index in [1.807, 2.05) is 51.1 Å². The van der Waals surface area contributed by atoms with Crippen LogP contribution in [-0.2, 0) is 32.6 Å². The number of nitrogens with zero attached hydrogens (tertiary/aromatic N) is 3. The molecule has 0 aromatic carbocycles. The van der Waals surface area contributed by atoms with E-state index >= 15 is 0 Å². The number of aromatic nitrogens is 4. The predicted molar refractivity (Wildman–Crippen MR) is 180 cm³/mol. The van der Waals surface area contributed by atoms with Crippen LogP contribution in [0.1, 0.15) is 97.4 Å². The van der Waals surface area contributed by atoms with Crippen molar-refractivity contribution in [2.75, 3.05) is 14.1 Å². The van der Waals surface area contributed by atoms with E-state index in [-0.39, 0.29) is 31.1 Å². The highest BCUT2D eigenvalue weighted by molar-refractivity contribution is 5.85. The summed E-state index contributed by atoms with van der Waals surface area (Å²) in [6.07, 6.45) is 3.65. The predicted octanol–water partition coefficient (Wildman–Crippen LogP) is 6.46. The van der Waals surface area contributed by atoms with Gasteiger partial charge in [0.25, 0.3) is 0 Å². The van der Waals surface area contributed by atoms with Gasteiger partial charge in [-0.3, -0.25) is 19.4 Å². The molecule has 2 aliphatic rings. The van der Waals surface area contributed by atoms with Crippen LogP contribution in [-0.4, -0.2) is 67.0 Å². The van der Waals surface area contributed by atoms with Gasteiger partial charge < -0.3 is 25.1 Å². The molecule has 0 aliphatic carbocycles. The number of rotatable bonds is 9. The SMILES string of the molecule is CC[C@H]1c2cc3nc(cc4[nH]c(cc5[nH]c(cc(n2)[C@@]1(C)CC(=O)N(C)C)c(C)c5CCC(=O)O)c(CCC(=O)O)c4C)C=C3C. The molecule has 5 rings (SSSR count). The number of H-pyrrole nitrogens is 2. The molecule has 242 valence electrons. The summed E-state index contributed by atoms with van der Waals surface area (Å²) in [6, 6.07) is 7.98. The zero-order chi connectivity index (χ0) is 33.5. The largest absolute Gasteiger partial charge is 0.481 e. The Morgan fingerprint density at radius 3 is 1.93 bits per heavy atom. The first kappa shape index (κ1) is 32.7. The Hall–Kier alpha value is -4.73. The number of hydrogen-bond donors (Lipinski definition) is 4. The highest BCUT2D eigenvalue weighted by Gasteiger charge is 2.44. The van der Waals surface area contributed by atoms with Crippen molar-refractivity contribution in [2.45, 2.75) is 84.5 Å². The van der Waals surface area contributed by atoms with Crippen LogP contribution in [0.5, 0.6) is 0 Å². The first-order valence-corrected chi connectivity index (χ1v) is 15.8. The summed E-state index contributed by atoms with van der Waals surface area (Å²) < 4.78 is 0. The zero-order valence-electron chi connectivity index (χ0n) is 27.7. The van der Waals surface area contributed by atoms with Gasteiger partial charge in [-0.2, -0.15) is 0 Å². The number of aryl methyl sites for hydroxylation is 4. The van der Waals surface area contributed by atoms with E-state index in [2.05, 4.69) is 23.8 Å². The molecule has 0 spiro atoms. The number of carbonyl (C=O) groups excluding carboxylic acids is 1. The van der Waals surface area contributed by atoms with Gasteiger partial charge in [0.1, 0.15) is 0 Å². The molecule has 3 aromatic heterocycles. The maximum absolute atomic E-state index is 13.2. The minimum absolute atomic E-state index is 0.0136. The molecule has 4 N–H and O–H groups in total. The fraction of sp³-hybridized carbons (Fsp3) is 0.417. The molecule has 3 aromatic rings. The topological polar surface area (TPSA) is 152 Å². The van der Waals surface area contributed by atoms with Gasteiger partial charge in [-0.05, 0) is 98.2 Å². The lowest BCUT2D eigenvalue weighted by atomic mass is 9.71. The molecule has 1 amide bonds. The average molecular weight is 626 g/mol. The number of hydrogen-bond acceptors (Lipinski definition) is 5. The number of carboxylic acid groups (broad SMARTS) is 2. The van der Waals surface area contributed by atoms with Gasteiger partial charge >= 0.3 is 11.9 Å². The van der Waals surface area contributed by atoms with Gasteiger partial charge in [0.2, 0.25) is 5.91 Å². The number of nitrogens with one attached hydrogen (secondary N) is 2. The van der Waals surface area contributed by atoms with Crippen LogP contribution in [0.25, 0.3) is 33.7 Å². The molecule has 46 heavy (non-hydrogen) atoms. The van der Waals surface area contributed by atoms with Crippen molar-refractivity contribution in [3.05, 3.63) is 69.3 Å². The molecule has 0 fully saturated rings. The minimum Gasteiger partial charge on any atom is -0.481 e. The van der Waals surface area contributed by atoms with Crippen molar-refractivity contribution in [3.63, 3.8) is 0 Å². The third-order valence-electron chi connectivity index (χ3n) is 9.63. The summed E-state index contributed by atoms with van der Waals surface area (Å²) in [7, 11) is 3.53. The fourth-order valence-electron chi connectivity index (χ4n) is 6.87. The van der Waals surface area contributed by atoms with Crippen LogP contribution in [0.3, 0.4) is 0 Å². The molecular weight excluding hydrogens is 582 g/mol. The Labute approximate surface area is 268 Å². The lowest BCUT2D eigenvalue weighted by molar-refractivity contribution is -0.138. The number of amides is 1. The number of carbonyl (C=O) groups is 3. The quantitative estimate of drug-likeness (QED) is 0.213. The molecule has 5 heterocycles. The first-order chi connectivity index (χ1) is 21.7. The van der Waals surface area contributed by atoms with Crippen molar-refractivity contribution in [3.8, 4) is 0 Å². The number of aromatic amines is 2. The third-order valence-corrected chi connectivity index (χ3v) is 9.63. The van der Waals surface area contributed by atoms with Crippen molar-refractivity contribution >= 4 is 51.6 Å². The molecule has 0 radical (unpaired) electrons. The lowest BCUT2D eigenvalue weighted by Gasteiger charge is -2.31. The summed E-state index contributed by atoms with van der Waals surface area (Å²) in [6.45, 7) is 10.2. The summed E-state index contributed by atoms with van der Waals surface area (Å²) in [5.41, 5.74) is 10.4. The summed E-state index contributed by atoms with van der Waals surface area (Å²) in [5, 5.41) is 19.1. The fourth-order valence-corrected chi connectivity index (χ4v) is 6.87. The average Bonchev–Trinajstić information content (AvgIpc) is 3.64. The van der Waals surface area contributed by atoms with Crippen LogP contribution in [0.4, 0.5) is 0 Å². The Bertz CT molecular complexity index is 1930. The van der Waals surface area contributed by atoms with Gasteiger partial charge in [-0.15, -0.1) is 0 Å². The Morgan fingerprint density at radius 1 is 0.848 bits per heavy atom. The maximum atomic E-state index is 13.2. The van der Waals surface area contributed by atoms with E-state index < -0.39 is 17.4 Å². The Morgan fingerprint density at radius 2 is 1.41 bits per heavy atom. The van der Waals surface area contributed by atoms with Gasteiger partial charge in [0, 0.05) is 78.1 Å². The van der Waals surface area contributed by atoms with Crippen LogP contribution in [0, 0.1) is 13.8 Å². The second kappa shape index (κ2) is 12.6. The van der Waals surface area contributed by atoms with Crippen LogP contribution < -0.4 is 0 Å². The molecule has 0 saturated heterocycles. The number of allylic oxidation sites excluding steroid dienone is 1. The highest BCUT2D eigenvalue weighted by Crippen LogP contribution is 2.47. The lowest BCUT2D eigenvalue weighted by Crippen LogP contribution is -2.34. The van der Waals surface area contributed by atoms with E-state index in [1.54, 1.807) is 19.0 Å². The molecule has 2 atom stereocenters. The van der Waals surface area contributed by atoms with Crippen molar-refractivity contribution < 1.29 is 24.6 Å². The monoisotopic (exact) mass is 625 g/mol. The summed E-state index contributed by atoms with van der Waals surface area (Å²) >= 11 is 0. The maximum Gasteiger partial charge on any atom is 0.303 e. The molecule has 0 saturated carbocycles. The Kier molecular flexibility index (Phi) is 8.93. The molecule has 0 unspecified atom stereocenters. The van der Waals surface area contributed by atoms with Gasteiger partial charge in [0.05, 0.1) is 11.4 Å². The van der Waals surface area contributed by atoms with Crippen molar-refractivity contribution in [2.24, 2.45) is 0 Å². The van der Waals surface area contributed by atoms with Gasteiger partial charge in [0.15, 0.2) is 0 Å². The standard InChI is InChI=1S/C36H43N5O5/c1-8-25-31-15-26-19(2)13-22(37-26)14-27-20(3)23(9-11-34(43)44)29(38-27)16-30-24(10-12-35(45)46)21(4)28(39-30)17-32(40-31)36(25,5)18-33(42)41(6)7/h13-17,25,38-39H,8-12,18H2,1-7H3,(H,43,44)(H,45,46)/t25-,36-/m0/s1. The van der Waals surface area contributed by atoms with Gasteiger partial charge in [-0.25, -0.2) is 4.98 Å². The Balaban J connectivity index is 1.91. The molecule has 10 nitrogen and oxygen atoms in total. The van der Waals surface area contributed by atoms with Gasteiger partial charge in [-0.1, -0.05) is 13.8 Å². The van der Waals surface area contributed by atoms with E-state index in [1.165, 1.54) is 0 Å². The second-order valence-corrected chi connectivity index (χ2v) is 13.0. The minimum atomic E-state index is -0.891. The number of carboxylic acids is 2. The zero-order valence-corrected chi connectivity index (χ0v) is 27.7. The number of aliphatic carboxylic acids is 2. The summed E-state index contributed by atoms with van der Waals surface area (Å²) in [4.78, 5) is 55.3. The smallest absolute Gasteiger partial charge is 0.303 e. The van der Waals surface area contributed by atoms with Crippen LogP contribution in [0.15, 0.2) is 24.3 Å². The molecular formula is C36H43N5O5. The third kappa shape index (κ3) is 6.21. The normalized spacial score (nSPS) is 17.5. The van der Waals surface area contributed by atoms with Crippen molar-refractivity contribution in [1.82, 2.24) is 24.8 Å². The van der Waals surface area contributed by atoms with Crippen LogP contribution >= 0.6 is 0 Å². The highest BCUT2D eigenvalue weighted by atomic mass is 16.4. The van der Waals surface area contributed by atoms with E-state index in [9.17, 15) is 24.6 Å². The van der Waals surface area contributed by atoms with E-state index in [0.717, 1.165) is 79.1 Å².